The predicted molar refractivity (Wildman–Crippen MR) is 114 cm³/mol. The third-order valence-electron chi connectivity index (χ3n) is 5.11. The summed E-state index contributed by atoms with van der Waals surface area (Å²) in [6.45, 7) is 5.57. The molecule has 1 fully saturated rings. The Labute approximate surface area is 174 Å². The summed E-state index contributed by atoms with van der Waals surface area (Å²) in [5, 5.41) is 1.12. The van der Waals surface area contributed by atoms with Crippen LogP contribution in [0.15, 0.2) is 59.6 Å². The van der Waals surface area contributed by atoms with Gasteiger partial charge in [0.15, 0.2) is 0 Å². The van der Waals surface area contributed by atoms with E-state index in [4.69, 9.17) is 4.74 Å². The lowest BCUT2D eigenvalue weighted by molar-refractivity contribution is -0.143. The van der Waals surface area contributed by atoms with E-state index in [0.29, 0.717) is 25.4 Å². The van der Waals surface area contributed by atoms with Crippen molar-refractivity contribution in [2.24, 2.45) is 0 Å². The van der Waals surface area contributed by atoms with Crippen LogP contribution in [0.4, 0.5) is 4.39 Å². The average molecular weight is 413 g/mol. The molecule has 0 bridgehead atoms. The van der Waals surface area contributed by atoms with Crippen LogP contribution in [0.25, 0.3) is 10.9 Å². The molecular formula is C23H25FN2O2S. The number of benzene rings is 2. The normalized spacial score (nSPS) is 19.6. The Bertz CT molecular complexity index is 1010. The van der Waals surface area contributed by atoms with E-state index < -0.39 is 0 Å². The van der Waals surface area contributed by atoms with Crippen LogP contribution in [0, 0.1) is 5.82 Å². The molecule has 1 aromatic heterocycles. The predicted octanol–water partition coefficient (Wildman–Crippen LogP) is 4.71. The van der Waals surface area contributed by atoms with Gasteiger partial charge in [0.05, 0.1) is 12.2 Å². The molecule has 1 saturated heterocycles. The number of amides is 1. The molecule has 1 aliphatic heterocycles. The largest absolute Gasteiger partial charge is 0.372 e. The van der Waals surface area contributed by atoms with Gasteiger partial charge in [0.1, 0.15) is 12.4 Å². The van der Waals surface area contributed by atoms with E-state index in [0.717, 1.165) is 21.4 Å². The Kier molecular flexibility index (Phi) is 5.92. The Hall–Kier alpha value is -2.31. The van der Waals surface area contributed by atoms with Crippen LogP contribution in [0.2, 0.25) is 0 Å². The summed E-state index contributed by atoms with van der Waals surface area (Å²) in [5.74, 6) is 0.567. The van der Waals surface area contributed by atoms with E-state index in [9.17, 15) is 9.18 Å². The highest BCUT2D eigenvalue weighted by atomic mass is 32.2. The maximum Gasteiger partial charge on any atom is 0.242 e. The molecule has 4 nitrogen and oxygen atoms in total. The minimum absolute atomic E-state index is 0.0569. The van der Waals surface area contributed by atoms with Crippen molar-refractivity contribution in [1.29, 1.82) is 0 Å². The fourth-order valence-electron chi connectivity index (χ4n) is 3.87. The number of morpholine rings is 1. The second-order valence-corrected chi connectivity index (χ2v) is 8.63. The zero-order valence-electron chi connectivity index (χ0n) is 16.7. The molecule has 1 amide bonds. The second-order valence-electron chi connectivity index (χ2n) is 7.61. The SMILES string of the molecule is C[C@@H]1CN(C(=O)Cn2cc(SCc3cccc(F)c3)c3ccccc32)C[C@@H](C)O1. The van der Waals surface area contributed by atoms with Gasteiger partial charge in [-0.15, -0.1) is 11.8 Å². The number of nitrogens with zero attached hydrogens (tertiary/aromatic N) is 2. The van der Waals surface area contributed by atoms with Gasteiger partial charge in [-0.2, -0.15) is 0 Å². The number of ether oxygens (including phenoxy) is 1. The van der Waals surface area contributed by atoms with E-state index in [-0.39, 0.29) is 23.9 Å². The fourth-order valence-corrected chi connectivity index (χ4v) is 4.91. The van der Waals surface area contributed by atoms with Crippen molar-refractivity contribution in [2.45, 2.75) is 43.2 Å². The molecule has 6 heteroatoms. The van der Waals surface area contributed by atoms with Gasteiger partial charge >= 0.3 is 0 Å². The van der Waals surface area contributed by atoms with Crippen LogP contribution in [0.5, 0.6) is 0 Å². The Morgan fingerprint density at radius 1 is 1.14 bits per heavy atom. The molecule has 4 rings (SSSR count). The van der Waals surface area contributed by atoms with E-state index in [2.05, 4.69) is 6.07 Å². The van der Waals surface area contributed by atoms with Gasteiger partial charge in [0.2, 0.25) is 5.91 Å². The molecule has 0 aliphatic carbocycles. The van der Waals surface area contributed by atoms with Gasteiger partial charge in [-0.05, 0) is 37.6 Å². The standard InChI is InChI=1S/C23H25FN2O2S/c1-16-11-26(12-17(2)28-16)23(27)14-25-13-22(20-8-3-4-9-21(20)25)29-15-18-6-5-7-19(24)10-18/h3-10,13,16-17H,11-12,14-15H2,1-2H3/t16-,17-/m1/s1. The summed E-state index contributed by atoms with van der Waals surface area (Å²) in [7, 11) is 0. The van der Waals surface area contributed by atoms with Gasteiger partial charge in [-0.25, -0.2) is 4.39 Å². The van der Waals surface area contributed by atoms with Crippen LogP contribution in [0.3, 0.4) is 0 Å². The molecule has 2 aromatic carbocycles. The number of carbonyl (C=O) groups excluding carboxylic acids is 1. The van der Waals surface area contributed by atoms with Crippen LogP contribution in [-0.2, 0) is 21.8 Å². The smallest absolute Gasteiger partial charge is 0.242 e. The quantitative estimate of drug-likeness (QED) is 0.569. The first-order chi connectivity index (χ1) is 14.0. The summed E-state index contributed by atoms with van der Waals surface area (Å²) in [6.07, 6.45) is 2.16. The van der Waals surface area contributed by atoms with E-state index in [1.165, 1.54) is 6.07 Å². The number of para-hydroxylation sites is 1. The highest BCUT2D eigenvalue weighted by Crippen LogP contribution is 2.32. The topological polar surface area (TPSA) is 34.5 Å². The monoisotopic (exact) mass is 412 g/mol. The Morgan fingerprint density at radius 2 is 1.90 bits per heavy atom. The van der Waals surface area contributed by atoms with Crippen LogP contribution < -0.4 is 0 Å². The number of halogens is 1. The molecule has 0 N–H and O–H groups in total. The number of rotatable bonds is 5. The van der Waals surface area contributed by atoms with Crippen molar-refractivity contribution in [3.63, 3.8) is 0 Å². The number of carbonyl (C=O) groups is 1. The van der Waals surface area contributed by atoms with Gasteiger partial charge in [0.25, 0.3) is 0 Å². The molecule has 2 atom stereocenters. The molecule has 0 spiro atoms. The Balaban J connectivity index is 1.53. The summed E-state index contributed by atoms with van der Waals surface area (Å²) >= 11 is 1.66. The van der Waals surface area contributed by atoms with Crippen LogP contribution in [0.1, 0.15) is 19.4 Å². The summed E-state index contributed by atoms with van der Waals surface area (Å²) in [5.41, 5.74) is 1.98. The van der Waals surface area contributed by atoms with Crippen molar-refractivity contribution in [3.05, 3.63) is 66.1 Å². The minimum Gasteiger partial charge on any atom is -0.372 e. The molecular weight excluding hydrogens is 387 g/mol. The molecule has 2 heterocycles. The minimum atomic E-state index is -0.218. The van der Waals surface area contributed by atoms with Gasteiger partial charge < -0.3 is 14.2 Å². The van der Waals surface area contributed by atoms with E-state index >= 15 is 0 Å². The summed E-state index contributed by atoms with van der Waals surface area (Å²) < 4.78 is 21.2. The third kappa shape index (κ3) is 4.65. The first-order valence-electron chi connectivity index (χ1n) is 9.88. The van der Waals surface area contributed by atoms with Crippen molar-refractivity contribution >= 4 is 28.6 Å². The average Bonchev–Trinajstić information content (AvgIpc) is 3.03. The van der Waals surface area contributed by atoms with E-state index in [1.807, 2.05) is 53.8 Å². The number of aromatic nitrogens is 1. The molecule has 0 unspecified atom stereocenters. The van der Waals surface area contributed by atoms with Crippen molar-refractivity contribution in [2.75, 3.05) is 13.1 Å². The number of hydrogen-bond donors (Lipinski definition) is 0. The number of fused-ring (bicyclic) bond motifs is 1. The molecule has 0 saturated carbocycles. The molecule has 3 aromatic rings. The first-order valence-corrected chi connectivity index (χ1v) is 10.9. The zero-order chi connectivity index (χ0) is 20.4. The molecule has 152 valence electrons. The molecule has 1 aliphatic rings. The highest BCUT2D eigenvalue weighted by Gasteiger charge is 2.26. The van der Waals surface area contributed by atoms with Crippen molar-refractivity contribution < 1.29 is 13.9 Å². The molecule has 0 radical (unpaired) electrons. The summed E-state index contributed by atoms with van der Waals surface area (Å²) in [4.78, 5) is 15.9. The number of hydrogen-bond acceptors (Lipinski definition) is 3. The highest BCUT2D eigenvalue weighted by molar-refractivity contribution is 7.98. The van der Waals surface area contributed by atoms with Gasteiger partial charge in [0, 0.05) is 40.8 Å². The molecule has 29 heavy (non-hydrogen) atoms. The zero-order valence-corrected chi connectivity index (χ0v) is 17.5. The first kappa shape index (κ1) is 20.0. The van der Waals surface area contributed by atoms with Gasteiger partial charge in [-0.1, -0.05) is 30.3 Å². The van der Waals surface area contributed by atoms with Crippen molar-refractivity contribution in [3.8, 4) is 0 Å². The second kappa shape index (κ2) is 8.59. The van der Waals surface area contributed by atoms with Crippen molar-refractivity contribution in [1.82, 2.24) is 9.47 Å². The van der Waals surface area contributed by atoms with E-state index in [1.54, 1.807) is 23.9 Å². The van der Waals surface area contributed by atoms with Gasteiger partial charge in [-0.3, -0.25) is 4.79 Å². The Morgan fingerprint density at radius 3 is 2.66 bits per heavy atom. The lowest BCUT2D eigenvalue weighted by atomic mass is 10.2. The number of thioether (sulfide) groups is 1. The van der Waals surface area contributed by atoms with Crippen LogP contribution >= 0.6 is 11.8 Å². The maximum absolute atomic E-state index is 13.5. The van der Waals surface area contributed by atoms with Crippen LogP contribution in [-0.4, -0.2) is 40.7 Å². The maximum atomic E-state index is 13.5. The third-order valence-corrected chi connectivity index (χ3v) is 6.23. The summed E-state index contributed by atoms with van der Waals surface area (Å²) in [6, 6.07) is 14.8. The lowest BCUT2D eigenvalue weighted by Crippen LogP contribution is -2.49. The lowest BCUT2D eigenvalue weighted by Gasteiger charge is -2.35. The fraction of sp³-hybridized carbons (Fsp3) is 0.348.